The third kappa shape index (κ3) is 2.95. The number of nitrogens with one attached hydrogen (secondary N) is 1. The second-order valence-corrected chi connectivity index (χ2v) is 10.7. The van der Waals surface area contributed by atoms with Crippen LogP contribution in [0.25, 0.3) is 10.8 Å². The van der Waals surface area contributed by atoms with Crippen LogP contribution in [0.5, 0.6) is 0 Å². The highest BCUT2D eigenvalue weighted by Crippen LogP contribution is 2.57. The summed E-state index contributed by atoms with van der Waals surface area (Å²) in [7, 11) is 0. The number of rotatable bonds is 2. The minimum Gasteiger partial charge on any atom is -0.308 e. The van der Waals surface area contributed by atoms with Crippen LogP contribution in [0.1, 0.15) is 53.9 Å². The van der Waals surface area contributed by atoms with Crippen molar-refractivity contribution in [3.63, 3.8) is 0 Å². The largest absolute Gasteiger partial charge is 0.308 e. The Hall–Kier alpha value is -3.52. The zero-order valence-electron chi connectivity index (χ0n) is 19.0. The fourth-order valence-electron chi connectivity index (χ4n) is 6.09. The first-order chi connectivity index (χ1) is 17.0. The molecule has 3 aromatic carbocycles. The molecule has 8 heteroatoms. The molecule has 4 unspecified atom stereocenters. The van der Waals surface area contributed by atoms with E-state index in [1.807, 2.05) is 43.3 Å². The van der Waals surface area contributed by atoms with Crippen molar-refractivity contribution in [1.29, 1.82) is 0 Å². The van der Waals surface area contributed by atoms with Gasteiger partial charge in [0.15, 0.2) is 5.17 Å². The summed E-state index contributed by atoms with van der Waals surface area (Å²) in [5.41, 5.74) is 2.70. The predicted molar refractivity (Wildman–Crippen MR) is 134 cm³/mol. The summed E-state index contributed by atoms with van der Waals surface area (Å²) >= 11 is 1.53. The molecule has 4 aromatic rings. The standard InChI is InChI=1S/C27H22FN5OS/c1-27(12-20-16-7-3-5-9-19(16)23(27)33-14-29-32-24(20)33)25(34)31-26-30-22(13-35-26)18-10-11-21(28)17-8-4-2-6-15(17)18/h2-11,14,20,22-23H,12-13H2,1H3,(H,30,31,34). The van der Waals surface area contributed by atoms with Crippen LogP contribution in [0.3, 0.4) is 0 Å². The van der Waals surface area contributed by atoms with Crippen molar-refractivity contribution in [2.75, 3.05) is 5.75 Å². The van der Waals surface area contributed by atoms with Gasteiger partial charge in [0, 0.05) is 17.1 Å². The molecule has 2 bridgehead atoms. The maximum atomic E-state index is 14.3. The Kier molecular flexibility index (Phi) is 4.45. The van der Waals surface area contributed by atoms with E-state index in [9.17, 15) is 9.18 Å². The minimum atomic E-state index is -0.669. The molecule has 1 N–H and O–H groups in total. The molecule has 0 fully saturated rings. The average Bonchev–Trinajstić information content (AvgIpc) is 3.55. The Morgan fingerprint density at radius 2 is 1.83 bits per heavy atom. The number of fused-ring (bicyclic) bond motifs is 2. The molecule has 8 rings (SSSR count). The van der Waals surface area contributed by atoms with Crippen LogP contribution >= 0.6 is 11.8 Å². The van der Waals surface area contributed by atoms with Crippen molar-refractivity contribution in [3.05, 3.63) is 95.3 Å². The van der Waals surface area contributed by atoms with Crippen LogP contribution in [0.2, 0.25) is 0 Å². The second kappa shape index (κ2) is 7.49. The first kappa shape index (κ1) is 20.8. The quantitative estimate of drug-likeness (QED) is 0.437. The van der Waals surface area contributed by atoms with Gasteiger partial charge >= 0.3 is 0 Å². The molecule has 0 saturated carbocycles. The topological polar surface area (TPSA) is 72.2 Å². The van der Waals surface area contributed by atoms with Gasteiger partial charge in [0.2, 0.25) is 5.91 Å². The van der Waals surface area contributed by atoms with Gasteiger partial charge in [-0.3, -0.25) is 9.79 Å². The van der Waals surface area contributed by atoms with Crippen molar-refractivity contribution < 1.29 is 9.18 Å². The lowest BCUT2D eigenvalue weighted by atomic mass is 9.61. The Morgan fingerprint density at radius 3 is 2.69 bits per heavy atom. The van der Waals surface area contributed by atoms with Crippen LogP contribution < -0.4 is 5.32 Å². The van der Waals surface area contributed by atoms with E-state index in [0.717, 1.165) is 22.3 Å². The highest BCUT2D eigenvalue weighted by atomic mass is 32.2. The highest BCUT2D eigenvalue weighted by molar-refractivity contribution is 8.14. The molecule has 1 aromatic heterocycles. The van der Waals surface area contributed by atoms with E-state index >= 15 is 0 Å². The summed E-state index contributed by atoms with van der Waals surface area (Å²) in [5.74, 6) is 1.38. The SMILES string of the molecule is CC1(C(=O)NC2=NC(c3ccc(F)c4ccccc34)CS2)CC2c3ccccc3C1n1cnnc12. The van der Waals surface area contributed by atoms with Gasteiger partial charge in [-0.1, -0.05) is 66.4 Å². The number of thioether (sulfide) groups is 1. The number of amides is 1. The number of aliphatic imine (C=N–C) groups is 1. The predicted octanol–water partition coefficient (Wildman–Crippen LogP) is 4.98. The van der Waals surface area contributed by atoms with Crippen LogP contribution in [0.15, 0.2) is 72.0 Å². The molecule has 6 nitrogen and oxygen atoms in total. The molecule has 4 aliphatic rings. The number of carbonyl (C=O) groups is 1. The molecule has 1 amide bonds. The van der Waals surface area contributed by atoms with Gasteiger partial charge in [-0.25, -0.2) is 4.39 Å². The van der Waals surface area contributed by atoms with Crippen molar-refractivity contribution in [1.82, 2.24) is 20.1 Å². The lowest BCUT2D eigenvalue weighted by Crippen LogP contribution is -2.52. The first-order valence-electron chi connectivity index (χ1n) is 11.7. The number of hydrogen-bond acceptors (Lipinski definition) is 5. The molecule has 4 atom stereocenters. The average molecular weight is 484 g/mol. The van der Waals surface area contributed by atoms with Crippen LogP contribution in [-0.2, 0) is 4.79 Å². The maximum Gasteiger partial charge on any atom is 0.234 e. The lowest BCUT2D eigenvalue weighted by Gasteiger charge is -2.49. The molecule has 1 aliphatic carbocycles. The van der Waals surface area contributed by atoms with E-state index < -0.39 is 5.41 Å². The summed E-state index contributed by atoms with van der Waals surface area (Å²) in [6, 6.07) is 18.8. The lowest BCUT2D eigenvalue weighted by molar-refractivity contribution is -0.132. The van der Waals surface area contributed by atoms with Gasteiger partial charge < -0.3 is 9.88 Å². The molecular formula is C27H22FN5OS. The zero-order chi connectivity index (χ0) is 23.7. The molecule has 0 radical (unpaired) electrons. The summed E-state index contributed by atoms with van der Waals surface area (Å²) in [5, 5.41) is 13.7. The van der Waals surface area contributed by atoms with Crippen molar-refractivity contribution >= 4 is 33.6 Å². The zero-order valence-corrected chi connectivity index (χ0v) is 19.8. The van der Waals surface area contributed by atoms with E-state index in [2.05, 4.69) is 32.2 Å². The fraction of sp³-hybridized carbons (Fsp3) is 0.259. The molecule has 174 valence electrons. The Bertz CT molecular complexity index is 1550. The number of halogens is 1. The van der Waals surface area contributed by atoms with Gasteiger partial charge in [-0.2, -0.15) is 0 Å². The fourth-order valence-corrected chi connectivity index (χ4v) is 7.02. The van der Waals surface area contributed by atoms with Crippen molar-refractivity contribution in [3.8, 4) is 0 Å². The van der Waals surface area contributed by atoms with E-state index in [-0.39, 0.29) is 29.7 Å². The third-order valence-electron chi connectivity index (χ3n) is 7.74. The minimum absolute atomic E-state index is 0.0333. The van der Waals surface area contributed by atoms with Crippen LogP contribution in [0.4, 0.5) is 4.39 Å². The van der Waals surface area contributed by atoms with E-state index in [4.69, 9.17) is 4.99 Å². The number of aromatic nitrogens is 3. The summed E-state index contributed by atoms with van der Waals surface area (Å²) < 4.78 is 16.4. The van der Waals surface area contributed by atoms with Crippen molar-refractivity contribution in [2.24, 2.45) is 10.4 Å². The molecule has 0 saturated heterocycles. The van der Waals surface area contributed by atoms with Gasteiger partial charge in [-0.05, 0) is 41.5 Å². The second-order valence-electron chi connectivity index (χ2n) is 9.70. The van der Waals surface area contributed by atoms with Crippen LogP contribution in [-0.4, -0.2) is 31.6 Å². The Morgan fingerprint density at radius 1 is 1.06 bits per heavy atom. The Balaban J connectivity index is 1.20. The number of carbonyl (C=O) groups excluding carboxylic acids is 1. The number of hydrogen-bond donors (Lipinski definition) is 1. The molecule has 35 heavy (non-hydrogen) atoms. The van der Waals surface area contributed by atoms with E-state index in [1.54, 1.807) is 12.4 Å². The normalized spacial score (nSPS) is 26.3. The summed E-state index contributed by atoms with van der Waals surface area (Å²) in [6.45, 7) is 2.03. The Labute approximate surface area is 205 Å². The molecule has 3 aliphatic heterocycles. The molecule has 0 spiro atoms. The smallest absolute Gasteiger partial charge is 0.234 e. The molecular weight excluding hydrogens is 461 g/mol. The van der Waals surface area contributed by atoms with Crippen molar-refractivity contribution in [2.45, 2.75) is 31.3 Å². The van der Waals surface area contributed by atoms with E-state index in [0.29, 0.717) is 22.7 Å². The summed E-state index contributed by atoms with van der Waals surface area (Å²) in [4.78, 5) is 18.6. The first-order valence-corrected chi connectivity index (χ1v) is 12.7. The maximum absolute atomic E-state index is 14.3. The monoisotopic (exact) mass is 483 g/mol. The number of nitrogens with zero attached hydrogens (tertiary/aromatic N) is 4. The molecule has 4 heterocycles. The van der Waals surface area contributed by atoms with E-state index in [1.165, 1.54) is 23.4 Å². The summed E-state index contributed by atoms with van der Waals surface area (Å²) in [6.07, 6.45) is 2.41. The highest BCUT2D eigenvalue weighted by Gasteiger charge is 2.55. The number of amidine groups is 1. The van der Waals surface area contributed by atoms with Gasteiger partial charge in [0.05, 0.1) is 17.5 Å². The van der Waals surface area contributed by atoms with Gasteiger partial charge in [0.1, 0.15) is 18.0 Å². The van der Waals surface area contributed by atoms with Gasteiger partial charge in [-0.15, -0.1) is 10.2 Å². The van der Waals surface area contributed by atoms with Gasteiger partial charge in [0.25, 0.3) is 0 Å². The third-order valence-corrected chi connectivity index (χ3v) is 8.71. The van der Waals surface area contributed by atoms with Crippen LogP contribution in [0, 0.1) is 11.2 Å². The number of benzene rings is 3.